The van der Waals surface area contributed by atoms with Gasteiger partial charge >= 0.3 is 0 Å². The van der Waals surface area contributed by atoms with Gasteiger partial charge in [-0.05, 0) is 42.5 Å². The third-order valence-corrected chi connectivity index (χ3v) is 5.37. The molecule has 3 heterocycles. The number of H-pyrrole nitrogens is 1. The summed E-state index contributed by atoms with van der Waals surface area (Å²) < 4.78 is 11.2. The molecular formula is C22H21N5O4. The molecule has 158 valence electrons. The summed E-state index contributed by atoms with van der Waals surface area (Å²) in [5.74, 6) is 2.05. The highest BCUT2D eigenvalue weighted by molar-refractivity contribution is 5.84. The Bertz CT molecular complexity index is 1380. The van der Waals surface area contributed by atoms with Gasteiger partial charge in [-0.2, -0.15) is 4.98 Å². The second kappa shape index (κ2) is 7.31. The first-order chi connectivity index (χ1) is 15.0. The van der Waals surface area contributed by atoms with Crippen LogP contribution in [0.15, 0.2) is 51.4 Å². The summed E-state index contributed by atoms with van der Waals surface area (Å²) in [5.41, 5.74) is 8.57. The molecule has 0 bridgehead atoms. The van der Waals surface area contributed by atoms with Crippen molar-refractivity contribution >= 4 is 22.0 Å². The quantitative estimate of drug-likeness (QED) is 0.328. The molecule has 5 aromatic rings. The van der Waals surface area contributed by atoms with E-state index in [4.69, 9.17) is 14.7 Å². The van der Waals surface area contributed by atoms with Gasteiger partial charge in [-0.15, -0.1) is 0 Å². The van der Waals surface area contributed by atoms with Gasteiger partial charge in [-0.1, -0.05) is 12.1 Å². The van der Waals surface area contributed by atoms with Crippen molar-refractivity contribution in [2.24, 2.45) is 5.73 Å². The van der Waals surface area contributed by atoms with Crippen molar-refractivity contribution in [2.75, 3.05) is 13.2 Å². The van der Waals surface area contributed by atoms with E-state index in [0.29, 0.717) is 23.1 Å². The molecule has 0 fully saturated rings. The third kappa shape index (κ3) is 3.28. The van der Waals surface area contributed by atoms with Crippen LogP contribution in [0.4, 0.5) is 0 Å². The Hall–Kier alpha value is -3.53. The summed E-state index contributed by atoms with van der Waals surface area (Å²) in [7, 11) is 0. The number of aryl methyl sites for hydroxylation is 1. The van der Waals surface area contributed by atoms with Crippen LogP contribution in [0.3, 0.4) is 0 Å². The second-order valence-corrected chi connectivity index (χ2v) is 7.53. The fourth-order valence-electron chi connectivity index (χ4n) is 3.45. The number of furan rings is 1. The van der Waals surface area contributed by atoms with E-state index >= 15 is 0 Å². The minimum Gasteiger partial charge on any atom is -0.459 e. The van der Waals surface area contributed by atoms with Gasteiger partial charge in [-0.3, -0.25) is 0 Å². The zero-order valence-corrected chi connectivity index (χ0v) is 16.8. The van der Waals surface area contributed by atoms with Crippen LogP contribution in [0.25, 0.3) is 44.8 Å². The van der Waals surface area contributed by atoms with E-state index in [-0.39, 0.29) is 0 Å². The highest BCUT2D eigenvalue weighted by Gasteiger charge is 2.30. The Morgan fingerprint density at radius 3 is 2.61 bits per heavy atom. The van der Waals surface area contributed by atoms with Gasteiger partial charge in [0.05, 0.1) is 24.2 Å². The van der Waals surface area contributed by atoms with Crippen LogP contribution in [0.2, 0.25) is 0 Å². The predicted molar refractivity (Wildman–Crippen MR) is 114 cm³/mol. The molecule has 0 aliphatic heterocycles. The molecule has 3 aromatic heterocycles. The number of rotatable bonds is 6. The molecule has 2 aromatic carbocycles. The van der Waals surface area contributed by atoms with Crippen LogP contribution in [0.1, 0.15) is 18.5 Å². The highest BCUT2D eigenvalue weighted by atomic mass is 16.5. The number of fused-ring (bicyclic) bond motifs is 2. The van der Waals surface area contributed by atoms with Crippen molar-refractivity contribution in [2.45, 2.75) is 18.9 Å². The topological polar surface area (TPSA) is 147 Å². The average molecular weight is 419 g/mol. The number of aliphatic hydroxyl groups is 2. The molecule has 5 N–H and O–H groups in total. The molecule has 0 amide bonds. The van der Waals surface area contributed by atoms with Crippen molar-refractivity contribution < 1.29 is 19.2 Å². The van der Waals surface area contributed by atoms with Crippen molar-refractivity contribution in [1.82, 2.24) is 20.1 Å². The Balaban J connectivity index is 1.49. The number of imidazole rings is 1. The van der Waals surface area contributed by atoms with E-state index in [1.807, 2.05) is 37.3 Å². The number of nitrogens with zero attached hydrogens (tertiary/aromatic N) is 3. The Morgan fingerprint density at radius 1 is 1.03 bits per heavy atom. The lowest BCUT2D eigenvalue weighted by molar-refractivity contribution is 0.105. The molecule has 31 heavy (non-hydrogen) atoms. The van der Waals surface area contributed by atoms with Gasteiger partial charge < -0.3 is 29.9 Å². The lowest BCUT2D eigenvalue weighted by Crippen LogP contribution is -2.43. The first kappa shape index (κ1) is 19.4. The van der Waals surface area contributed by atoms with Crippen molar-refractivity contribution in [3.63, 3.8) is 0 Å². The molecule has 0 aliphatic carbocycles. The van der Waals surface area contributed by atoms with Crippen LogP contribution < -0.4 is 5.73 Å². The van der Waals surface area contributed by atoms with Crippen molar-refractivity contribution in [3.05, 3.63) is 54.0 Å². The average Bonchev–Trinajstić information content (AvgIpc) is 3.54. The van der Waals surface area contributed by atoms with E-state index in [1.54, 1.807) is 12.1 Å². The van der Waals surface area contributed by atoms with Gasteiger partial charge in [0.15, 0.2) is 0 Å². The van der Waals surface area contributed by atoms with E-state index in [1.165, 1.54) is 0 Å². The number of hydrogen-bond acceptors (Lipinski definition) is 8. The normalized spacial score (nSPS) is 12.3. The second-order valence-electron chi connectivity index (χ2n) is 7.53. The van der Waals surface area contributed by atoms with Crippen molar-refractivity contribution in [3.8, 4) is 22.8 Å². The van der Waals surface area contributed by atoms with Crippen LogP contribution in [-0.4, -0.2) is 43.5 Å². The number of hydrogen-bond donors (Lipinski definition) is 4. The number of aliphatic hydroxyl groups excluding tert-OH is 2. The zero-order chi connectivity index (χ0) is 21.6. The minimum atomic E-state index is -1.35. The zero-order valence-electron chi connectivity index (χ0n) is 16.8. The fourth-order valence-corrected chi connectivity index (χ4v) is 3.45. The maximum Gasteiger partial charge on any atom is 0.258 e. The standard InChI is InChI=1S/C22H21N5O4/c1-2-19-24-15-5-3-13(8-16(15)25-19)21-26-20(27-31-21)12-4-6-17-14(7-12)9-18(30-17)22(23,10-28)11-29/h3-9,28-29H,2,10-11,23H2,1H3,(H,24,25). The van der Waals surface area contributed by atoms with E-state index < -0.39 is 18.8 Å². The minimum absolute atomic E-state index is 0.303. The number of aromatic nitrogens is 4. The number of nitrogens with one attached hydrogen (secondary N) is 1. The maximum atomic E-state index is 9.51. The van der Waals surface area contributed by atoms with Gasteiger partial charge in [0, 0.05) is 22.9 Å². The molecule has 9 nitrogen and oxygen atoms in total. The molecular weight excluding hydrogens is 398 g/mol. The van der Waals surface area contributed by atoms with E-state index in [0.717, 1.165) is 39.8 Å². The third-order valence-electron chi connectivity index (χ3n) is 5.37. The SMILES string of the molecule is CCc1nc2cc(-c3nc(-c4ccc5oc(C(N)(CO)CO)cc5c4)no3)ccc2[nH]1. The number of nitrogens with two attached hydrogens (primary N) is 1. The molecule has 0 saturated heterocycles. The van der Waals surface area contributed by atoms with Gasteiger partial charge in [0.1, 0.15) is 22.7 Å². The summed E-state index contributed by atoms with van der Waals surface area (Å²) in [6.45, 7) is 1.17. The molecule has 5 rings (SSSR count). The molecule has 0 aliphatic rings. The monoisotopic (exact) mass is 419 g/mol. The fraction of sp³-hybridized carbons (Fsp3) is 0.227. The van der Waals surface area contributed by atoms with Crippen LogP contribution >= 0.6 is 0 Å². The first-order valence-corrected chi connectivity index (χ1v) is 9.91. The van der Waals surface area contributed by atoms with Gasteiger partial charge in [0.25, 0.3) is 5.89 Å². The van der Waals surface area contributed by atoms with Crippen LogP contribution in [-0.2, 0) is 12.0 Å². The van der Waals surface area contributed by atoms with Gasteiger partial charge in [0.2, 0.25) is 5.82 Å². The van der Waals surface area contributed by atoms with E-state index in [9.17, 15) is 10.2 Å². The van der Waals surface area contributed by atoms with Crippen LogP contribution in [0, 0.1) is 0 Å². The smallest absolute Gasteiger partial charge is 0.258 e. The molecule has 0 unspecified atom stereocenters. The van der Waals surface area contributed by atoms with Gasteiger partial charge in [-0.25, -0.2) is 4.98 Å². The summed E-state index contributed by atoms with van der Waals surface area (Å²) in [5, 5.41) is 23.9. The summed E-state index contributed by atoms with van der Waals surface area (Å²) in [6.07, 6.45) is 0.828. The number of benzene rings is 2. The Kier molecular flexibility index (Phi) is 4.58. The lowest BCUT2D eigenvalue weighted by Gasteiger charge is -2.21. The highest BCUT2D eigenvalue weighted by Crippen LogP contribution is 2.30. The summed E-state index contributed by atoms with van der Waals surface area (Å²) in [6, 6.07) is 12.9. The molecule has 9 heteroatoms. The summed E-state index contributed by atoms with van der Waals surface area (Å²) >= 11 is 0. The first-order valence-electron chi connectivity index (χ1n) is 9.91. The van der Waals surface area contributed by atoms with E-state index in [2.05, 4.69) is 20.1 Å². The molecule has 0 atom stereocenters. The lowest BCUT2D eigenvalue weighted by atomic mass is 10.00. The Labute approximate surface area is 176 Å². The predicted octanol–water partition coefficient (Wildman–Crippen LogP) is 2.73. The molecule has 0 spiro atoms. The number of aromatic amines is 1. The molecule has 0 radical (unpaired) electrons. The largest absolute Gasteiger partial charge is 0.459 e. The van der Waals surface area contributed by atoms with Crippen molar-refractivity contribution in [1.29, 1.82) is 0 Å². The maximum absolute atomic E-state index is 9.51. The van der Waals surface area contributed by atoms with Crippen LogP contribution in [0.5, 0.6) is 0 Å². The summed E-state index contributed by atoms with van der Waals surface area (Å²) in [4.78, 5) is 12.3. The Morgan fingerprint density at radius 2 is 1.84 bits per heavy atom. The molecule has 0 saturated carbocycles.